The summed E-state index contributed by atoms with van der Waals surface area (Å²) in [5.74, 6) is -0.00393. The molecule has 0 unspecified atom stereocenters. The first-order chi connectivity index (χ1) is 8.97. The van der Waals surface area contributed by atoms with Gasteiger partial charge in [-0.3, -0.25) is 4.79 Å². The number of benzene rings is 2. The Hall–Kier alpha value is -0.540. The molecule has 0 aliphatic heterocycles. The van der Waals surface area contributed by atoms with Crippen LogP contribution in [0, 0.1) is 0 Å². The Morgan fingerprint density at radius 3 is 2.26 bits per heavy atom. The highest BCUT2D eigenvalue weighted by Gasteiger charge is 2.10. The number of halogens is 4. The number of rotatable bonds is 3. The zero-order valence-electron chi connectivity index (χ0n) is 9.59. The highest BCUT2D eigenvalue weighted by molar-refractivity contribution is 9.10. The maximum Gasteiger partial charge on any atom is 0.167 e. The third-order valence-corrected chi connectivity index (χ3v) is 4.54. The lowest BCUT2D eigenvalue weighted by Gasteiger charge is -2.04. The van der Waals surface area contributed by atoms with Gasteiger partial charge in [0.15, 0.2) is 5.78 Å². The summed E-state index contributed by atoms with van der Waals surface area (Å²) < 4.78 is 0.703. The maximum absolute atomic E-state index is 12.1. The Balaban J connectivity index is 2.20. The Morgan fingerprint density at radius 1 is 0.947 bits per heavy atom. The van der Waals surface area contributed by atoms with E-state index >= 15 is 0 Å². The summed E-state index contributed by atoms with van der Waals surface area (Å²) in [6, 6.07) is 10.3. The summed E-state index contributed by atoms with van der Waals surface area (Å²) in [6.45, 7) is 0. The van der Waals surface area contributed by atoms with Crippen LogP contribution in [0.25, 0.3) is 0 Å². The maximum atomic E-state index is 12.1. The van der Waals surface area contributed by atoms with Crippen molar-refractivity contribution in [2.24, 2.45) is 0 Å². The van der Waals surface area contributed by atoms with E-state index in [1.54, 1.807) is 36.4 Å². The van der Waals surface area contributed by atoms with Crippen LogP contribution in [0.3, 0.4) is 0 Å². The zero-order chi connectivity index (χ0) is 14.0. The van der Waals surface area contributed by atoms with Crippen LogP contribution in [0.4, 0.5) is 0 Å². The Kier molecular flexibility index (Phi) is 4.91. The van der Waals surface area contributed by atoms with Crippen LogP contribution in [-0.2, 0) is 6.42 Å². The first-order valence-electron chi connectivity index (χ1n) is 5.39. The molecule has 0 radical (unpaired) electrons. The van der Waals surface area contributed by atoms with E-state index < -0.39 is 0 Å². The molecule has 0 saturated heterocycles. The van der Waals surface area contributed by atoms with Crippen LogP contribution >= 0.6 is 50.7 Å². The summed E-state index contributed by atoms with van der Waals surface area (Å²) in [4.78, 5) is 12.1. The Bertz CT molecular complexity index is 641. The average Bonchev–Trinajstić information content (AvgIpc) is 2.37. The fourth-order valence-corrected chi connectivity index (χ4v) is 2.42. The van der Waals surface area contributed by atoms with Gasteiger partial charge in [-0.2, -0.15) is 0 Å². The van der Waals surface area contributed by atoms with Crippen LogP contribution in [0.5, 0.6) is 0 Å². The molecule has 2 aromatic carbocycles. The van der Waals surface area contributed by atoms with Gasteiger partial charge in [-0.1, -0.05) is 40.9 Å². The van der Waals surface area contributed by atoms with Gasteiger partial charge in [-0.25, -0.2) is 0 Å². The number of hydrogen-bond acceptors (Lipinski definition) is 1. The molecule has 0 fully saturated rings. The lowest BCUT2D eigenvalue weighted by molar-refractivity contribution is 0.0993. The predicted molar refractivity (Wildman–Crippen MR) is 83.6 cm³/mol. The van der Waals surface area contributed by atoms with Crippen molar-refractivity contribution in [1.29, 1.82) is 0 Å². The van der Waals surface area contributed by atoms with E-state index in [1.165, 1.54) is 0 Å². The first-order valence-corrected chi connectivity index (χ1v) is 7.32. The normalized spacial score (nSPS) is 10.5. The number of hydrogen-bond donors (Lipinski definition) is 0. The SMILES string of the molecule is O=C(Cc1ccc(Cl)c(Cl)c1)c1ccc(Cl)c(Br)c1. The van der Waals surface area contributed by atoms with Gasteiger partial charge < -0.3 is 0 Å². The minimum absolute atomic E-state index is 0.00393. The standard InChI is InChI=1S/C14H8BrCl3O/c15-10-7-9(2-4-11(10)16)14(19)6-8-1-3-12(17)13(18)5-8/h1-5,7H,6H2. The van der Waals surface area contributed by atoms with Crippen molar-refractivity contribution in [2.75, 3.05) is 0 Å². The molecule has 0 aromatic heterocycles. The van der Waals surface area contributed by atoms with Gasteiger partial charge in [0.25, 0.3) is 0 Å². The summed E-state index contributed by atoms with van der Waals surface area (Å²) in [6.07, 6.45) is 0.269. The molecular weight excluding hydrogens is 370 g/mol. The fourth-order valence-electron chi connectivity index (χ4n) is 1.61. The van der Waals surface area contributed by atoms with E-state index in [0.717, 1.165) is 5.56 Å². The molecule has 2 aromatic rings. The summed E-state index contributed by atoms with van der Waals surface area (Å²) >= 11 is 20.9. The number of ketones is 1. The van der Waals surface area contributed by atoms with Gasteiger partial charge in [-0.05, 0) is 51.8 Å². The first kappa shape index (κ1) is 14.9. The molecule has 0 N–H and O–H groups in total. The molecule has 0 bridgehead atoms. The third-order valence-electron chi connectivity index (χ3n) is 2.59. The number of carbonyl (C=O) groups excluding carboxylic acids is 1. The van der Waals surface area contributed by atoms with Gasteiger partial charge in [0.2, 0.25) is 0 Å². The molecule has 5 heteroatoms. The van der Waals surface area contributed by atoms with Gasteiger partial charge >= 0.3 is 0 Å². The lowest BCUT2D eigenvalue weighted by atomic mass is 10.0. The highest BCUT2D eigenvalue weighted by Crippen LogP contribution is 2.25. The molecule has 0 atom stereocenters. The quantitative estimate of drug-likeness (QED) is 0.614. The molecule has 0 saturated carbocycles. The van der Waals surface area contributed by atoms with Crippen LogP contribution in [-0.4, -0.2) is 5.78 Å². The number of Topliss-reactive ketones (excluding diaryl/α,β-unsaturated/α-hetero) is 1. The molecule has 1 nitrogen and oxygen atoms in total. The molecule has 2 rings (SSSR count). The van der Waals surface area contributed by atoms with Crippen LogP contribution < -0.4 is 0 Å². The van der Waals surface area contributed by atoms with Crippen molar-refractivity contribution >= 4 is 56.5 Å². The van der Waals surface area contributed by atoms with E-state index in [1.807, 2.05) is 0 Å². The second kappa shape index (κ2) is 6.27. The molecule has 0 aliphatic rings. The Morgan fingerprint density at radius 2 is 1.63 bits per heavy atom. The second-order valence-corrected chi connectivity index (χ2v) is 6.05. The number of carbonyl (C=O) groups is 1. The molecule has 0 spiro atoms. The largest absolute Gasteiger partial charge is 0.294 e. The Labute approximate surface area is 134 Å². The average molecular weight is 378 g/mol. The minimum atomic E-state index is -0.00393. The highest BCUT2D eigenvalue weighted by atomic mass is 79.9. The van der Waals surface area contributed by atoms with Gasteiger partial charge in [-0.15, -0.1) is 0 Å². The van der Waals surface area contributed by atoms with Crippen molar-refractivity contribution in [3.05, 3.63) is 67.1 Å². The van der Waals surface area contributed by atoms with Crippen molar-refractivity contribution in [3.63, 3.8) is 0 Å². The summed E-state index contributed by atoms with van der Waals surface area (Å²) in [5, 5.41) is 1.50. The van der Waals surface area contributed by atoms with Crippen molar-refractivity contribution < 1.29 is 4.79 Å². The second-order valence-electron chi connectivity index (χ2n) is 3.98. The van der Waals surface area contributed by atoms with Crippen molar-refractivity contribution in [2.45, 2.75) is 6.42 Å². The molecule has 0 amide bonds. The predicted octanol–water partition coefficient (Wildman–Crippen LogP) is 5.83. The molecule has 98 valence electrons. The van der Waals surface area contributed by atoms with Gasteiger partial charge in [0.05, 0.1) is 15.1 Å². The molecule has 19 heavy (non-hydrogen) atoms. The van der Waals surface area contributed by atoms with E-state index in [0.29, 0.717) is 25.1 Å². The lowest BCUT2D eigenvalue weighted by Crippen LogP contribution is -2.03. The summed E-state index contributed by atoms with van der Waals surface area (Å²) in [5.41, 5.74) is 1.42. The molecule has 0 aliphatic carbocycles. The zero-order valence-corrected chi connectivity index (χ0v) is 13.4. The summed E-state index contributed by atoms with van der Waals surface area (Å²) in [7, 11) is 0. The van der Waals surface area contributed by atoms with E-state index in [4.69, 9.17) is 34.8 Å². The molecular formula is C14H8BrCl3O. The topological polar surface area (TPSA) is 17.1 Å². The van der Waals surface area contributed by atoms with Crippen LogP contribution in [0.2, 0.25) is 15.1 Å². The third kappa shape index (κ3) is 3.73. The van der Waals surface area contributed by atoms with E-state index in [9.17, 15) is 4.79 Å². The smallest absolute Gasteiger partial charge is 0.167 e. The molecule has 0 heterocycles. The van der Waals surface area contributed by atoms with Gasteiger partial charge in [0.1, 0.15) is 0 Å². The van der Waals surface area contributed by atoms with E-state index in [2.05, 4.69) is 15.9 Å². The van der Waals surface area contributed by atoms with Crippen LogP contribution in [0.1, 0.15) is 15.9 Å². The van der Waals surface area contributed by atoms with E-state index in [-0.39, 0.29) is 12.2 Å². The monoisotopic (exact) mass is 376 g/mol. The fraction of sp³-hybridized carbons (Fsp3) is 0.0714. The van der Waals surface area contributed by atoms with Gasteiger partial charge in [0, 0.05) is 16.5 Å². The van der Waals surface area contributed by atoms with Crippen LogP contribution in [0.15, 0.2) is 40.9 Å². The van der Waals surface area contributed by atoms with Crippen molar-refractivity contribution in [3.8, 4) is 0 Å². The van der Waals surface area contributed by atoms with Crippen molar-refractivity contribution in [1.82, 2.24) is 0 Å². The minimum Gasteiger partial charge on any atom is -0.294 e.